The highest BCUT2D eigenvalue weighted by atomic mass is 16.2. The van der Waals surface area contributed by atoms with E-state index >= 15 is 0 Å². The molecule has 0 bridgehead atoms. The van der Waals surface area contributed by atoms with Crippen molar-refractivity contribution in [1.29, 1.82) is 0 Å². The first kappa shape index (κ1) is 17.7. The van der Waals surface area contributed by atoms with Crippen LogP contribution in [0.25, 0.3) is 0 Å². The number of carbonyl (C=O) groups is 1. The molecule has 1 aromatic carbocycles. The lowest BCUT2D eigenvalue weighted by molar-refractivity contribution is -0.114. The van der Waals surface area contributed by atoms with Gasteiger partial charge in [0.15, 0.2) is 11.7 Å². The number of rotatable bonds is 5. The largest absolute Gasteiger partial charge is 0.349 e. The maximum absolute atomic E-state index is 12.3. The second kappa shape index (κ2) is 7.87. The number of fused-ring (bicyclic) bond motifs is 1. The molecule has 6 nitrogen and oxygen atoms in total. The smallest absolute Gasteiger partial charge is 0.287 e. The molecule has 2 aliphatic heterocycles. The number of terminal acetylenes is 1. The number of anilines is 1. The average molecular weight is 349 g/mol. The molecule has 0 saturated heterocycles. The fraction of sp³-hybridized carbons (Fsp3) is 0.350. The fourth-order valence-corrected chi connectivity index (χ4v) is 3.15. The molecule has 1 aromatic rings. The Bertz CT molecular complexity index is 844. The van der Waals surface area contributed by atoms with Gasteiger partial charge >= 0.3 is 0 Å². The maximum atomic E-state index is 12.3. The molecule has 0 unspecified atom stereocenters. The zero-order valence-electron chi connectivity index (χ0n) is 15.2. The topological polar surface area (TPSA) is 69.1 Å². The van der Waals surface area contributed by atoms with E-state index in [1.807, 2.05) is 19.1 Å². The summed E-state index contributed by atoms with van der Waals surface area (Å²) >= 11 is 0. The summed E-state index contributed by atoms with van der Waals surface area (Å²) in [5.41, 5.74) is 4.10. The van der Waals surface area contributed by atoms with Gasteiger partial charge in [-0.1, -0.05) is 38.0 Å². The minimum atomic E-state index is -0.243. The lowest BCUT2D eigenvalue weighted by atomic mass is 10.2. The minimum Gasteiger partial charge on any atom is -0.349 e. The van der Waals surface area contributed by atoms with Crippen LogP contribution < -0.4 is 15.5 Å². The second-order valence-corrected chi connectivity index (χ2v) is 6.25. The van der Waals surface area contributed by atoms with Gasteiger partial charge in [-0.05, 0) is 31.4 Å². The summed E-state index contributed by atoms with van der Waals surface area (Å²) in [5, 5.41) is 5.97. The number of amides is 1. The molecule has 1 amide bonds. The molecule has 2 aliphatic rings. The predicted molar refractivity (Wildman–Crippen MR) is 105 cm³/mol. The summed E-state index contributed by atoms with van der Waals surface area (Å²) in [5.74, 6) is 0.361. The Labute approximate surface area is 154 Å². The molecule has 0 atom stereocenters. The van der Waals surface area contributed by atoms with Crippen LogP contribution in [0.3, 0.4) is 0 Å². The van der Waals surface area contributed by atoms with Gasteiger partial charge in [-0.3, -0.25) is 4.79 Å². The molecular formula is C20H23N5O. The van der Waals surface area contributed by atoms with Crippen LogP contribution in [-0.4, -0.2) is 30.7 Å². The second-order valence-electron chi connectivity index (χ2n) is 6.25. The number of allylic oxidation sites excluding steroid dienone is 1. The van der Waals surface area contributed by atoms with Crippen LogP contribution in [0.15, 0.2) is 45.6 Å². The summed E-state index contributed by atoms with van der Waals surface area (Å²) < 4.78 is 0. The van der Waals surface area contributed by atoms with Crippen molar-refractivity contribution in [1.82, 2.24) is 10.6 Å². The van der Waals surface area contributed by atoms with Gasteiger partial charge in [0, 0.05) is 30.5 Å². The van der Waals surface area contributed by atoms with Gasteiger partial charge < -0.3 is 15.5 Å². The highest BCUT2D eigenvalue weighted by molar-refractivity contribution is 6.43. The number of aliphatic imine (C=N–C) groups is 2. The standard InChI is InChI=1S/C20H23N5O/c1-4-6-12-22-20(26)19-23-17(18(24-19)21-5-2)14(3)25-13-11-15-9-7-8-10-16(15)25/h2,7-10H,4,6,11-13H2,1,3H3,(H,22,26)(H,21,23,24)/b17-14-. The third-order valence-electron chi connectivity index (χ3n) is 4.54. The third kappa shape index (κ3) is 3.47. The highest BCUT2D eigenvalue weighted by Crippen LogP contribution is 2.31. The molecule has 134 valence electrons. The van der Waals surface area contributed by atoms with Crippen LogP contribution in [-0.2, 0) is 11.2 Å². The molecule has 26 heavy (non-hydrogen) atoms. The van der Waals surface area contributed by atoms with Crippen molar-refractivity contribution in [3.05, 3.63) is 41.2 Å². The van der Waals surface area contributed by atoms with Gasteiger partial charge in [-0.2, -0.15) is 4.99 Å². The van der Waals surface area contributed by atoms with Gasteiger partial charge in [-0.25, -0.2) is 4.99 Å². The van der Waals surface area contributed by atoms with Gasteiger partial charge in [0.1, 0.15) is 5.70 Å². The molecule has 2 N–H and O–H groups in total. The molecule has 0 radical (unpaired) electrons. The number of benzene rings is 1. The summed E-state index contributed by atoms with van der Waals surface area (Å²) in [6.07, 6.45) is 8.27. The summed E-state index contributed by atoms with van der Waals surface area (Å²) in [7, 11) is 0. The van der Waals surface area contributed by atoms with Crippen molar-refractivity contribution in [3.8, 4) is 12.5 Å². The number of carbonyl (C=O) groups excluding carboxylic acids is 1. The first-order valence-corrected chi connectivity index (χ1v) is 8.89. The molecule has 0 fully saturated rings. The molecule has 2 heterocycles. The maximum Gasteiger partial charge on any atom is 0.287 e. The van der Waals surface area contributed by atoms with E-state index in [1.54, 1.807) is 0 Å². The summed E-state index contributed by atoms with van der Waals surface area (Å²) in [6, 6.07) is 10.6. The van der Waals surface area contributed by atoms with E-state index in [-0.39, 0.29) is 11.7 Å². The van der Waals surface area contributed by atoms with Crippen molar-refractivity contribution < 1.29 is 4.79 Å². The monoisotopic (exact) mass is 349 g/mol. The van der Waals surface area contributed by atoms with E-state index in [0.29, 0.717) is 18.1 Å². The van der Waals surface area contributed by atoms with Gasteiger partial charge in [0.25, 0.3) is 5.91 Å². The molecule has 0 aromatic heterocycles. The Morgan fingerprint density at radius 1 is 1.46 bits per heavy atom. The first-order chi connectivity index (χ1) is 12.7. The van der Waals surface area contributed by atoms with Crippen molar-refractivity contribution in [3.63, 3.8) is 0 Å². The van der Waals surface area contributed by atoms with Crippen molar-refractivity contribution in [2.24, 2.45) is 9.98 Å². The summed E-state index contributed by atoms with van der Waals surface area (Å²) in [4.78, 5) is 22.8. The number of amidine groups is 2. The van der Waals surface area contributed by atoms with Gasteiger partial charge in [-0.15, -0.1) is 0 Å². The number of hydrogen-bond donors (Lipinski definition) is 2. The van der Waals surface area contributed by atoms with E-state index < -0.39 is 0 Å². The molecule has 0 saturated carbocycles. The van der Waals surface area contributed by atoms with Crippen LogP contribution in [0, 0.1) is 12.5 Å². The average Bonchev–Trinajstić information content (AvgIpc) is 3.26. The van der Waals surface area contributed by atoms with Crippen LogP contribution in [0.1, 0.15) is 32.3 Å². The fourth-order valence-electron chi connectivity index (χ4n) is 3.15. The molecule has 0 aliphatic carbocycles. The Balaban J connectivity index is 1.86. The summed E-state index contributed by atoms with van der Waals surface area (Å²) in [6.45, 7) is 5.56. The number of unbranched alkanes of at least 4 members (excludes halogenated alkanes) is 1. The van der Waals surface area contributed by atoms with Crippen molar-refractivity contribution in [2.75, 3.05) is 18.0 Å². The normalized spacial score (nSPS) is 18.9. The quantitative estimate of drug-likeness (QED) is 0.632. The third-order valence-corrected chi connectivity index (χ3v) is 4.54. The molecule has 0 spiro atoms. The molecule has 3 rings (SSSR count). The van der Waals surface area contributed by atoms with E-state index in [9.17, 15) is 4.79 Å². The number of nitrogens with one attached hydrogen (secondary N) is 2. The number of hydrogen-bond acceptors (Lipinski definition) is 4. The van der Waals surface area contributed by atoms with E-state index in [1.165, 1.54) is 11.3 Å². The number of nitrogens with zero attached hydrogens (tertiary/aromatic N) is 3. The SMILES string of the molecule is C#CN=C1N=C(C(=O)NCCCC)N/C1=C(/C)N1CCc2ccccc21. The minimum absolute atomic E-state index is 0.233. The Morgan fingerprint density at radius 2 is 2.27 bits per heavy atom. The lowest BCUT2D eigenvalue weighted by Gasteiger charge is -2.22. The Kier molecular flexibility index (Phi) is 5.37. The van der Waals surface area contributed by atoms with E-state index in [0.717, 1.165) is 31.5 Å². The first-order valence-electron chi connectivity index (χ1n) is 8.89. The lowest BCUT2D eigenvalue weighted by Crippen LogP contribution is -2.38. The highest BCUT2D eigenvalue weighted by Gasteiger charge is 2.29. The molecular weight excluding hydrogens is 326 g/mol. The zero-order chi connectivity index (χ0) is 18.5. The Hall–Kier alpha value is -3.07. The van der Waals surface area contributed by atoms with E-state index in [2.05, 4.69) is 50.6 Å². The van der Waals surface area contributed by atoms with Gasteiger partial charge in [0.05, 0.1) is 0 Å². The van der Waals surface area contributed by atoms with Crippen molar-refractivity contribution in [2.45, 2.75) is 33.1 Å². The van der Waals surface area contributed by atoms with E-state index in [4.69, 9.17) is 6.42 Å². The number of para-hydroxylation sites is 1. The predicted octanol–water partition coefficient (Wildman–Crippen LogP) is 2.19. The van der Waals surface area contributed by atoms with Crippen LogP contribution in [0.4, 0.5) is 5.69 Å². The van der Waals surface area contributed by atoms with Crippen LogP contribution >= 0.6 is 0 Å². The zero-order valence-corrected chi connectivity index (χ0v) is 15.2. The Morgan fingerprint density at radius 3 is 3.04 bits per heavy atom. The van der Waals surface area contributed by atoms with Gasteiger partial charge in [0.2, 0.25) is 0 Å². The van der Waals surface area contributed by atoms with Crippen molar-refractivity contribution >= 4 is 23.3 Å². The molecule has 6 heteroatoms. The van der Waals surface area contributed by atoms with Crippen LogP contribution in [0.2, 0.25) is 0 Å². The van der Waals surface area contributed by atoms with Crippen LogP contribution in [0.5, 0.6) is 0 Å².